The third-order valence-electron chi connectivity index (χ3n) is 4.02. The van der Waals surface area contributed by atoms with E-state index in [0.29, 0.717) is 25.3 Å². The Morgan fingerprint density at radius 1 is 1.22 bits per heavy atom. The minimum atomic E-state index is -0.493. The minimum Gasteiger partial charge on any atom is -0.378 e. The van der Waals surface area contributed by atoms with Crippen LogP contribution >= 0.6 is 0 Å². The van der Waals surface area contributed by atoms with Gasteiger partial charge in [-0.05, 0) is 22.8 Å². The normalized spacial score (nSPS) is 14.7. The summed E-state index contributed by atoms with van der Waals surface area (Å²) in [4.78, 5) is 18.3. The first-order valence-corrected chi connectivity index (χ1v) is 7.61. The van der Waals surface area contributed by atoms with Gasteiger partial charge in [0.05, 0.1) is 18.8 Å². The molecule has 1 fully saturated rings. The van der Waals surface area contributed by atoms with Crippen molar-refractivity contribution in [3.05, 3.63) is 47.7 Å². The van der Waals surface area contributed by atoms with Crippen LogP contribution in [0.25, 0.3) is 11.1 Å². The van der Waals surface area contributed by atoms with Crippen molar-refractivity contribution in [2.45, 2.75) is 6.54 Å². The van der Waals surface area contributed by atoms with E-state index in [4.69, 9.17) is 16.2 Å². The van der Waals surface area contributed by atoms with Gasteiger partial charge < -0.3 is 21.1 Å². The van der Waals surface area contributed by atoms with Crippen LogP contribution in [-0.2, 0) is 11.3 Å². The average Bonchev–Trinajstić information content (AvgIpc) is 2.61. The molecule has 2 heterocycles. The maximum Gasteiger partial charge on any atom is 0.250 e. The summed E-state index contributed by atoms with van der Waals surface area (Å²) in [5.41, 5.74) is 14.4. The number of hydrogen-bond donors (Lipinski definition) is 2. The fourth-order valence-corrected chi connectivity index (χ4v) is 2.79. The van der Waals surface area contributed by atoms with Gasteiger partial charge in [0, 0.05) is 25.8 Å². The number of rotatable bonds is 4. The van der Waals surface area contributed by atoms with E-state index in [2.05, 4.69) is 9.88 Å². The van der Waals surface area contributed by atoms with Gasteiger partial charge in [-0.3, -0.25) is 4.79 Å². The molecule has 0 bridgehead atoms. The molecule has 3 rings (SSSR count). The highest BCUT2D eigenvalue weighted by molar-refractivity contribution is 6.00. The van der Waals surface area contributed by atoms with E-state index >= 15 is 0 Å². The molecule has 6 heteroatoms. The van der Waals surface area contributed by atoms with Gasteiger partial charge >= 0.3 is 0 Å². The number of carbonyl (C=O) groups is 1. The van der Waals surface area contributed by atoms with Gasteiger partial charge in [-0.2, -0.15) is 0 Å². The van der Waals surface area contributed by atoms with E-state index in [0.717, 1.165) is 35.6 Å². The minimum absolute atomic E-state index is 0.392. The number of aromatic nitrogens is 1. The van der Waals surface area contributed by atoms with Gasteiger partial charge in [-0.1, -0.05) is 24.3 Å². The number of nitrogens with two attached hydrogens (primary N) is 2. The number of benzene rings is 1. The molecule has 1 aromatic heterocycles. The molecule has 0 unspecified atom stereocenters. The predicted octanol–water partition coefficient (Wildman–Crippen LogP) is 1.14. The van der Waals surface area contributed by atoms with E-state index in [1.807, 2.05) is 30.3 Å². The molecular formula is C17H20N4O2. The number of morpholine rings is 1. The van der Waals surface area contributed by atoms with Crippen molar-refractivity contribution in [1.29, 1.82) is 0 Å². The number of pyridine rings is 1. The molecule has 6 nitrogen and oxygen atoms in total. The third-order valence-corrected chi connectivity index (χ3v) is 4.02. The monoisotopic (exact) mass is 312 g/mol. The number of hydrogen-bond acceptors (Lipinski definition) is 5. The van der Waals surface area contributed by atoms with Gasteiger partial charge in [0.1, 0.15) is 5.82 Å². The fraction of sp³-hybridized carbons (Fsp3) is 0.294. The largest absolute Gasteiger partial charge is 0.378 e. The number of primary amides is 1. The van der Waals surface area contributed by atoms with Crippen LogP contribution in [0.5, 0.6) is 0 Å². The highest BCUT2D eigenvalue weighted by Gasteiger charge is 2.18. The van der Waals surface area contributed by atoms with Crippen LogP contribution < -0.4 is 16.4 Å². The predicted molar refractivity (Wildman–Crippen MR) is 89.1 cm³/mol. The summed E-state index contributed by atoms with van der Waals surface area (Å²) in [5.74, 6) is 0.327. The molecule has 0 aliphatic carbocycles. The second kappa shape index (κ2) is 6.76. The summed E-state index contributed by atoms with van der Waals surface area (Å²) in [5, 5.41) is 0. The molecule has 1 aromatic carbocycles. The van der Waals surface area contributed by atoms with Gasteiger partial charge in [-0.15, -0.1) is 0 Å². The summed E-state index contributed by atoms with van der Waals surface area (Å²) in [6.07, 6.45) is 1.55. The zero-order chi connectivity index (χ0) is 16.2. The fourth-order valence-electron chi connectivity index (χ4n) is 2.79. The maximum atomic E-state index is 11.8. The quantitative estimate of drug-likeness (QED) is 0.883. The summed E-state index contributed by atoms with van der Waals surface area (Å²) < 4.78 is 5.37. The molecular weight excluding hydrogens is 292 g/mol. The maximum absolute atomic E-state index is 11.8. The van der Waals surface area contributed by atoms with Crippen LogP contribution in [-0.4, -0.2) is 37.2 Å². The van der Waals surface area contributed by atoms with Crippen molar-refractivity contribution in [2.75, 3.05) is 31.2 Å². The van der Waals surface area contributed by atoms with E-state index in [1.54, 1.807) is 6.20 Å². The second-order valence-electron chi connectivity index (χ2n) is 5.41. The van der Waals surface area contributed by atoms with Crippen LogP contribution in [0.3, 0.4) is 0 Å². The Morgan fingerprint density at radius 3 is 2.65 bits per heavy atom. The molecule has 1 amide bonds. The van der Waals surface area contributed by atoms with Gasteiger partial charge in [-0.25, -0.2) is 4.98 Å². The summed E-state index contributed by atoms with van der Waals surface area (Å²) in [6, 6.07) is 9.68. The Hall–Kier alpha value is -2.44. The molecule has 1 aliphatic rings. The van der Waals surface area contributed by atoms with E-state index < -0.39 is 5.91 Å². The first-order valence-electron chi connectivity index (χ1n) is 7.61. The Balaban J connectivity index is 2.10. The van der Waals surface area contributed by atoms with Crippen molar-refractivity contribution in [3.63, 3.8) is 0 Å². The second-order valence-corrected chi connectivity index (χ2v) is 5.41. The van der Waals surface area contributed by atoms with Crippen LogP contribution in [0.15, 0.2) is 36.5 Å². The highest BCUT2D eigenvalue weighted by atomic mass is 16.5. The standard InChI is InChI=1S/C17H20N4O2/c18-10-12-3-1-2-4-13(12)14-9-16(20-11-15(14)17(19)22)21-5-7-23-8-6-21/h1-4,9,11H,5-8,10,18H2,(H2,19,22). The zero-order valence-corrected chi connectivity index (χ0v) is 12.9. The lowest BCUT2D eigenvalue weighted by molar-refractivity contribution is 0.100. The number of amides is 1. The van der Waals surface area contributed by atoms with Crippen LogP contribution in [0.2, 0.25) is 0 Å². The summed E-state index contributed by atoms with van der Waals surface area (Å²) in [6.45, 7) is 3.30. The molecule has 0 spiro atoms. The molecule has 0 radical (unpaired) electrons. The van der Waals surface area contributed by atoms with Crippen molar-refractivity contribution in [1.82, 2.24) is 4.98 Å². The van der Waals surface area contributed by atoms with Crippen molar-refractivity contribution >= 4 is 11.7 Å². The number of nitrogens with zero attached hydrogens (tertiary/aromatic N) is 2. The average molecular weight is 312 g/mol. The molecule has 4 N–H and O–H groups in total. The molecule has 1 saturated heterocycles. The Bertz CT molecular complexity index is 711. The van der Waals surface area contributed by atoms with E-state index in [1.165, 1.54) is 0 Å². The van der Waals surface area contributed by atoms with Crippen molar-refractivity contribution in [2.24, 2.45) is 11.5 Å². The SMILES string of the molecule is NCc1ccccc1-c1cc(N2CCOCC2)ncc1C(N)=O. The number of ether oxygens (including phenoxy) is 1. The number of carbonyl (C=O) groups excluding carboxylic acids is 1. The molecule has 2 aromatic rings. The first kappa shape index (κ1) is 15.5. The molecule has 23 heavy (non-hydrogen) atoms. The molecule has 120 valence electrons. The van der Waals surface area contributed by atoms with Crippen LogP contribution in [0.1, 0.15) is 15.9 Å². The lowest BCUT2D eigenvalue weighted by Gasteiger charge is -2.28. The summed E-state index contributed by atoms with van der Waals surface area (Å²) in [7, 11) is 0. The zero-order valence-electron chi connectivity index (χ0n) is 12.9. The molecule has 0 atom stereocenters. The lowest BCUT2D eigenvalue weighted by atomic mass is 9.96. The van der Waals surface area contributed by atoms with Gasteiger partial charge in [0.25, 0.3) is 5.91 Å². The van der Waals surface area contributed by atoms with Gasteiger partial charge in [0.2, 0.25) is 0 Å². The van der Waals surface area contributed by atoms with E-state index in [9.17, 15) is 4.79 Å². The van der Waals surface area contributed by atoms with Crippen LogP contribution in [0.4, 0.5) is 5.82 Å². The Morgan fingerprint density at radius 2 is 1.96 bits per heavy atom. The Kier molecular flexibility index (Phi) is 4.55. The molecule has 1 aliphatic heterocycles. The topological polar surface area (TPSA) is 94.5 Å². The first-order chi connectivity index (χ1) is 11.2. The smallest absolute Gasteiger partial charge is 0.250 e. The lowest BCUT2D eigenvalue weighted by Crippen LogP contribution is -2.36. The Labute approximate surface area is 135 Å². The number of anilines is 1. The van der Waals surface area contributed by atoms with Crippen molar-refractivity contribution < 1.29 is 9.53 Å². The van der Waals surface area contributed by atoms with Crippen molar-refractivity contribution in [3.8, 4) is 11.1 Å². The van der Waals surface area contributed by atoms with Crippen LogP contribution in [0, 0.1) is 0 Å². The van der Waals surface area contributed by atoms with Gasteiger partial charge in [0.15, 0.2) is 0 Å². The third kappa shape index (κ3) is 3.18. The van der Waals surface area contributed by atoms with E-state index in [-0.39, 0.29) is 0 Å². The molecule has 0 saturated carbocycles. The highest BCUT2D eigenvalue weighted by Crippen LogP contribution is 2.29. The summed E-state index contributed by atoms with van der Waals surface area (Å²) >= 11 is 0.